The van der Waals surface area contributed by atoms with E-state index >= 15 is 0 Å². The van der Waals surface area contributed by atoms with Crippen LogP contribution in [0.25, 0.3) is 0 Å². The van der Waals surface area contributed by atoms with Crippen molar-refractivity contribution in [2.45, 2.75) is 46.1 Å². The van der Waals surface area contributed by atoms with Crippen molar-refractivity contribution in [3.05, 3.63) is 0 Å². The van der Waals surface area contributed by atoms with Crippen molar-refractivity contribution in [1.29, 1.82) is 0 Å². The third kappa shape index (κ3) is 4.52. The van der Waals surface area contributed by atoms with Crippen molar-refractivity contribution in [1.82, 2.24) is 10.2 Å². The molecular weight excluding hydrogens is 184 g/mol. The summed E-state index contributed by atoms with van der Waals surface area (Å²) in [5.74, 6) is 1.68. The molecule has 1 aliphatic rings. The lowest BCUT2D eigenvalue weighted by Crippen LogP contribution is -2.37. The van der Waals surface area contributed by atoms with Crippen LogP contribution < -0.4 is 5.32 Å². The maximum absolute atomic E-state index is 3.49. The van der Waals surface area contributed by atoms with Crippen molar-refractivity contribution in [2.24, 2.45) is 11.8 Å². The van der Waals surface area contributed by atoms with E-state index in [1.165, 1.54) is 38.9 Å². The van der Waals surface area contributed by atoms with Gasteiger partial charge in [-0.25, -0.2) is 0 Å². The normalized spacial score (nSPS) is 24.8. The fourth-order valence-corrected chi connectivity index (χ4v) is 2.27. The standard InChI is InChI=1S/C13H28N2/c1-11(2)12(3)15(4)9-7-13-6-5-8-14-10-13/h11-14H,5-10H2,1-4H3. The highest BCUT2D eigenvalue weighted by Gasteiger charge is 2.16. The minimum atomic E-state index is 0.710. The zero-order chi connectivity index (χ0) is 11.3. The topological polar surface area (TPSA) is 15.3 Å². The Balaban J connectivity index is 2.17. The average Bonchev–Trinajstić information content (AvgIpc) is 2.26. The molecule has 0 aromatic carbocycles. The fraction of sp³-hybridized carbons (Fsp3) is 1.00. The van der Waals surface area contributed by atoms with Crippen LogP contribution in [0.5, 0.6) is 0 Å². The minimum Gasteiger partial charge on any atom is -0.316 e. The molecule has 0 radical (unpaired) electrons. The van der Waals surface area contributed by atoms with Crippen LogP contribution in [0.2, 0.25) is 0 Å². The van der Waals surface area contributed by atoms with Gasteiger partial charge in [0.2, 0.25) is 0 Å². The first-order valence-electron chi connectivity index (χ1n) is 6.52. The summed E-state index contributed by atoms with van der Waals surface area (Å²) in [4.78, 5) is 2.51. The molecule has 1 aliphatic heterocycles. The second-order valence-corrected chi connectivity index (χ2v) is 5.47. The summed E-state index contributed by atoms with van der Waals surface area (Å²) in [6.45, 7) is 10.7. The lowest BCUT2D eigenvalue weighted by molar-refractivity contribution is 0.188. The molecule has 0 saturated carbocycles. The van der Waals surface area contributed by atoms with Crippen LogP contribution >= 0.6 is 0 Å². The van der Waals surface area contributed by atoms with E-state index in [2.05, 4.69) is 38.0 Å². The lowest BCUT2D eigenvalue weighted by atomic mass is 9.95. The Labute approximate surface area is 95.4 Å². The van der Waals surface area contributed by atoms with Crippen LogP contribution in [-0.2, 0) is 0 Å². The van der Waals surface area contributed by atoms with E-state index < -0.39 is 0 Å². The van der Waals surface area contributed by atoms with Crippen molar-refractivity contribution in [3.63, 3.8) is 0 Å². The van der Waals surface area contributed by atoms with E-state index in [4.69, 9.17) is 0 Å². The van der Waals surface area contributed by atoms with Crippen LogP contribution in [0.4, 0.5) is 0 Å². The van der Waals surface area contributed by atoms with Crippen molar-refractivity contribution in [2.75, 3.05) is 26.7 Å². The zero-order valence-electron chi connectivity index (χ0n) is 10.9. The molecule has 2 unspecified atom stereocenters. The van der Waals surface area contributed by atoms with Gasteiger partial charge in [-0.1, -0.05) is 13.8 Å². The van der Waals surface area contributed by atoms with E-state index in [0.29, 0.717) is 6.04 Å². The molecule has 0 bridgehead atoms. The van der Waals surface area contributed by atoms with Crippen molar-refractivity contribution < 1.29 is 0 Å². The quantitative estimate of drug-likeness (QED) is 0.752. The molecule has 1 rings (SSSR count). The second-order valence-electron chi connectivity index (χ2n) is 5.47. The molecule has 1 fully saturated rings. The zero-order valence-corrected chi connectivity index (χ0v) is 10.9. The minimum absolute atomic E-state index is 0.710. The van der Waals surface area contributed by atoms with E-state index in [1.807, 2.05) is 0 Å². The molecular formula is C13H28N2. The third-order valence-electron chi connectivity index (χ3n) is 3.95. The largest absolute Gasteiger partial charge is 0.316 e. The maximum atomic E-state index is 3.49. The summed E-state index contributed by atoms with van der Waals surface area (Å²) in [6.07, 6.45) is 4.16. The average molecular weight is 212 g/mol. The lowest BCUT2D eigenvalue weighted by Gasteiger charge is -2.30. The van der Waals surface area contributed by atoms with Crippen LogP contribution in [-0.4, -0.2) is 37.6 Å². The Morgan fingerprint density at radius 1 is 1.33 bits per heavy atom. The van der Waals surface area contributed by atoms with Gasteiger partial charge in [-0.3, -0.25) is 0 Å². The Morgan fingerprint density at radius 2 is 2.07 bits per heavy atom. The molecule has 0 aromatic rings. The SMILES string of the molecule is CC(C)C(C)N(C)CCC1CCCNC1. The van der Waals surface area contributed by atoms with Gasteiger partial charge < -0.3 is 10.2 Å². The second kappa shape index (κ2) is 6.49. The Kier molecular flexibility index (Phi) is 5.62. The molecule has 1 saturated heterocycles. The Morgan fingerprint density at radius 3 is 2.60 bits per heavy atom. The first-order chi connectivity index (χ1) is 7.11. The first-order valence-corrected chi connectivity index (χ1v) is 6.52. The molecule has 2 nitrogen and oxygen atoms in total. The number of hydrogen-bond donors (Lipinski definition) is 1. The Bertz CT molecular complexity index is 162. The summed E-state index contributed by atoms with van der Waals surface area (Å²) in [5.41, 5.74) is 0. The molecule has 0 spiro atoms. The molecule has 0 amide bonds. The summed E-state index contributed by atoms with van der Waals surface area (Å²) < 4.78 is 0. The summed E-state index contributed by atoms with van der Waals surface area (Å²) in [6, 6.07) is 0.710. The molecule has 90 valence electrons. The predicted molar refractivity (Wildman–Crippen MR) is 67.1 cm³/mol. The fourth-order valence-electron chi connectivity index (χ4n) is 2.27. The van der Waals surface area contributed by atoms with E-state index in [1.54, 1.807) is 0 Å². The molecule has 0 aromatic heterocycles. The van der Waals surface area contributed by atoms with Crippen molar-refractivity contribution >= 4 is 0 Å². The summed E-state index contributed by atoms with van der Waals surface area (Å²) in [7, 11) is 2.26. The van der Waals surface area contributed by atoms with Gasteiger partial charge in [-0.2, -0.15) is 0 Å². The molecule has 0 aliphatic carbocycles. The van der Waals surface area contributed by atoms with Gasteiger partial charge in [0.25, 0.3) is 0 Å². The molecule has 15 heavy (non-hydrogen) atoms. The van der Waals surface area contributed by atoms with Crippen LogP contribution in [0.1, 0.15) is 40.0 Å². The van der Waals surface area contributed by atoms with E-state index in [0.717, 1.165) is 11.8 Å². The Hall–Kier alpha value is -0.0800. The molecule has 1 N–H and O–H groups in total. The number of rotatable bonds is 5. The maximum Gasteiger partial charge on any atom is 0.00868 e. The number of hydrogen-bond acceptors (Lipinski definition) is 2. The van der Waals surface area contributed by atoms with Gasteiger partial charge >= 0.3 is 0 Å². The van der Waals surface area contributed by atoms with Gasteiger partial charge in [-0.15, -0.1) is 0 Å². The number of nitrogens with zero attached hydrogens (tertiary/aromatic N) is 1. The molecule has 1 heterocycles. The highest BCUT2D eigenvalue weighted by Crippen LogP contribution is 2.16. The van der Waals surface area contributed by atoms with E-state index in [9.17, 15) is 0 Å². The number of piperidine rings is 1. The highest BCUT2D eigenvalue weighted by atomic mass is 15.1. The van der Waals surface area contributed by atoms with Gasteiger partial charge in [0.15, 0.2) is 0 Å². The van der Waals surface area contributed by atoms with Crippen LogP contribution in [0, 0.1) is 11.8 Å². The summed E-state index contributed by atoms with van der Waals surface area (Å²) >= 11 is 0. The third-order valence-corrected chi connectivity index (χ3v) is 3.95. The molecule has 2 heteroatoms. The first kappa shape index (κ1) is 13.0. The smallest absolute Gasteiger partial charge is 0.00868 e. The van der Waals surface area contributed by atoms with Gasteiger partial charge in [0.1, 0.15) is 0 Å². The summed E-state index contributed by atoms with van der Waals surface area (Å²) in [5, 5.41) is 3.49. The van der Waals surface area contributed by atoms with Crippen LogP contribution in [0.15, 0.2) is 0 Å². The number of nitrogens with one attached hydrogen (secondary N) is 1. The van der Waals surface area contributed by atoms with Gasteiger partial charge in [0, 0.05) is 6.04 Å². The van der Waals surface area contributed by atoms with Crippen LogP contribution in [0.3, 0.4) is 0 Å². The highest BCUT2D eigenvalue weighted by molar-refractivity contribution is 4.72. The van der Waals surface area contributed by atoms with E-state index in [-0.39, 0.29) is 0 Å². The van der Waals surface area contributed by atoms with Gasteiger partial charge in [-0.05, 0) is 64.7 Å². The molecule has 2 atom stereocenters. The monoisotopic (exact) mass is 212 g/mol. The van der Waals surface area contributed by atoms with Crippen molar-refractivity contribution in [3.8, 4) is 0 Å². The predicted octanol–water partition coefficient (Wildman–Crippen LogP) is 2.35. The van der Waals surface area contributed by atoms with Gasteiger partial charge in [0.05, 0.1) is 0 Å².